The molecule has 1 aromatic carbocycles. The second kappa shape index (κ2) is 7.63. The van der Waals surface area contributed by atoms with Crippen molar-refractivity contribution in [1.29, 1.82) is 0 Å². The maximum Gasteiger partial charge on any atom is 0.221 e. The van der Waals surface area contributed by atoms with Gasteiger partial charge in [-0.1, -0.05) is 0 Å². The number of hydrogen-bond acceptors (Lipinski definition) is 4. The molecule has 0 radical (unpaired) electrons. The zero-order chi connectivity index (χ0) is 14.3. The molecule has 1 unspecified atom stereocenters. The van der Waals surface area contributed by atoms with Gasteiger partial charge in [0, 0.05) is 38.4 Å². The van der Waals surface area contributed by atoms with Crippen LogP contribution in [-0.2, 0) is 9.53 Å². The summed E-state index contributed by atoms with van der Waals surface area (Å²) in [5, 5.41) is 6.09. The number of benzene rings is 1. The van der Waals surface area contributed by atoms with Crippen molar-refractivity contribution in [1.82, 2.24) is 0 Å². The predicted molar refractivity (Wildman–Crippen MR) is 76.9 cm³/mol. The third-order valence-corrected chi connectivity index (χ3v) is 2.68. The van der Waals surface area contributed by atoms with Crippen molar-refractivity contribution in [3.8, 4) is 5.75 Å². The summed E-state index contributed by atoms with van der Waals surface area (Å²) in [5.74, 6) is 0.520. The minimum absolute atomic E-state index is 0.118. The van der Waals surface area contributed by atoms with Crippen LogP contribution in [0.3, 0.4) is 0 Å². The minimum atomic E-state index is -0.118. The zero-order valence-electron chi connectivity index (χ0n) is 11.9. The monoisotopic (exact) mass is 266 g/mol. The van der Waals surface area contributed by atoms with Crippen LogP contribution >= 0.6 is 0 Å². The predicted octanol–water partition coefficient (Wildman–Crippen LogP) is 2.49. The quantitative estimate of drug-likeness (QED) is 0.796. The number of hydrogen-bond donors (Lipinski definition) is 2. The lowest BCUT2D eigenvalue weighted by molar-refractivity contribution is -0.114. The Bertz CT molecular complexity index is 421. The molecule has 19 heavy (non-hydrogen) atoms. The Balaban J connectivity index is 2.73. The second-order valence-corrected chi connectivity index (χ2v) is 4.42. The van der Waals surface area contributed by atoms with Crippen molar-refractivity contribution >= 4 is 17.3 Å². The van der Waals surface area contributed by atoms with Crippen molar-refractivity contribution in [2.45, 2.75) is 26.3 Å². The van der Waals surface area contributed by atoms with Crippen molar-refractivity contribution in [3.05, 3.63) is 18.2 Å². The number of ether oxygens (including phenoxy) is 2. The topological polar surface area (TPSA) is 59.6 Å². The van der Waals surface area contributed by atoms with Gasteiger partial charge in [-0.3, -0.25) is 4.79 Å². The summed E-state index contributed by atoms with van der Waals surface area (Å²) in [6, 6.07) is 5.91. The number of rotatable bonds is 7. The molecule has 1 aromatic rings. The van der Waals surface area contributed by atoms with Gasteiger partial charge in [0.2, 0.25) is 5.91 Å². The van der Waals surface area contributed by atoms with Gasteiger partial charge in [-0.05, 0) is 25.5 Å². The summed E-state index contributed by atoms with van der Waals surface area (Å²) in [5.41, 5.74) is 1.62. The standard InChI is InChI=1S/C14H22N2O3/c1-10(7-8-18-3)15-12-5-6-13(16-11(2)17)14(9-12)19-4/h5-6,9-10,15H,7-8H2,1-4H3,(H,16,17). The van der Waals surface area contributed by atoms with Crippen molar-refractivity contribution in [2.75, 3.05) is 31.5 Å². The fourth-order valence-electron chi connectivity index (χ4n) is 1.73. The highest BCUT2D eigenvalue weighted by molar-refractivity contribution is 5.90. The lowest BCUT2D eigenvalue weighted by Gasteiger charge is -2.17. The van der Waals surface area contributed by atoms with Gasteiger partial charge in [0.15, 0.2) is 0 Å². The third kappa shape index (κ3) is 5.18. The molecule has 5 heteroatoms. The normalized spacial score (nSPS) is 11.8. The molecular weight excluding hydrogens is 244 g/mol. The molecule has 1 amide bonds. The summed E-state index contributed by atoms with van der Waals surface area (Å²) in [7, 11) is 3.27. The average Bonchev–Trinajstić information content (AvgIpc) is 2.37. The van der Waals surface area contributed by atoms with Crippen molar-refractivity contribution in [2.24, 2.45) is 0 Å². The lowest BCUT2D eigenvalue weighted by atomic mass is 10.2. The highest BCUT2D eigenvalue weighted by Crippen LogP contribution is 2.28. The van der Waals surface area contributed by atoms with Crippen LogP contribution in [-0.4, -0.2) is 32.8 Å². The number of nitrogens with one attached hydrogen (secondary N) is 2. The van der Waals surface area contributed by atoms with E-state index in [-0.39, 0.29) is 5.91 Å². The van der Waals surface area contributed by atoms with E-state index in [2.05, 4.69) is 17.6 Å². The number of carbonyl (C=O) groups is 1. The summed E-state index contributed by atoms with van der Waals surface area (Å²) in [6.07, 6.45) is 0.923. The van der Waals surface area contributed by atoms with E-state index in [1.165, 1.54) is 6.92 Å². The van der Waals surface area contributed by atoms with Crippen LogP contribution in [0.15, 0.2) is 18.2 Å². The van der Waals surface area contributed by atoms with Crippen LogP contribution in [0.1, 0.15) is 20.3 Å². The first-order valence-corrected chi connectivity index (χ1v) is 6.28. The first kappa shape index (κ1) is 15.3. The molecule has 0 saturated heterocycles. The van der Waals surface area contributed by atoms with E-state index in [0.29, 0.717) is 17.5 Å². The fourth-order valence-corrected chi connectivity index (χ4v) is 1.73. The van der Waals surface area contributed by atoms with Gasteiger partial charge >= 0.3 is 0 Å². The maximum atomic E-state index is 11.1. The van der Waals surface area contributed by atoms with Crippen LogP contribution in [0.4, 0.5) is 11.4 Å². The smallest absolute Gasteiger partial charge is 0.221 e. The SMILES string of the molecule is COCCC(C)Nc1ccc(NC(C)=O)c(OC)c1. The van der Waals surface area contributed by atoms with Gasteiger partial charge < -0.3 is 20.1 Å². The lowest BCUT2D eigenvalue weighted by Crippen LogP contribution is -2.17. The number of amides is 1. The number of carbonyl (C=O) groups excluding carboxylic acids is 1. The van der Waals surface area contributed by atoms with Gasteiger partial charge in [-0.15, -0.1) is 0 Å². The fraction of sp³-hybridized carbons (Fsp3) is 0.500. The Labute approximate surface area is 114 Å². The zero-order valence-corrected chi connectivity index (χ0v) is 11.9. The maximum absolute atomic E-state index is 11.1. The summed E-state index contributed by atoms with van der Waals surface area (Å²) in [6.45, 7) is 4.28. The highest BCUT2D eigenvalue weighted by atomic mass is 16.5. The molecule has 0 aliphatic heterocycles. The van der Waals surface area contributed by atoms with E-state index in [9.17, 15) is 4.79 Å². The highest BCUT2D eigenvalue weighted by Gasteiger charge is 2.07. The molecule has 5 nitrogen and oxygen atoms in total. The van der Waals surface area contributed by atoms with Gasteiger partial charge in [0.25, 0.3) is 0 Å². The Morgan fingerprint density at radius 1 is 1.37 bits per heavy atom. The van der Waals surface area contributed by atoms with Crippen molar-refractivity contribution in [3.63, 3.8) is 0 Å². The summed E-state index contributed by atoms with van der Waals surface area (Å²) < 4.78 is 10.3. The van der Waals surface area contributed by atoms with E-state index in [4.69, 9.17) is 9.47 Å². The van der Waals surface area contributed by atoms with Crippen molar-refractivity contribution < 1.29 is 14.3 Å². The van der Waals surface area contributed by atoms with Crippen LogP contribution < -0.4 is 15.4 Å². The molecule has 0 saturated carbocycles. The molecule has 1 rings (SSSR count). The van der Waals surface area contributed by atoms with Gasteiger partial charge in [-0.25, -0.2) is 0 Å². The van der Waals surface area contributed by atoms with E-state index < -0.39 is 0 Å². The number of anilines is 2. The largest absolute Gasteiger partial charge is 0.494 e. The molecule has 0 aromatic heterocycles. The molecule has 0 bridgehead atoms. The van der Waals surface area contributed by atoms with Crippen LogP contribution in [0, 0.1) is 0 Å². The Morgan fingerprint density at radius 3 is 2.68 bits per heavy atom. The molecule has 2 N–H and O–H groups in total. The molecule has 1 atom stereocenters. The van der Waals surface area contributed by atoms with Gasteiger partial charge in [0.05, 0.1) is 12.8 Å². The molecule has 0 spiro atoms. The van der Waals surface area contributed by atoms with Gasteiger partial charge in [-0.2, -0.15) is 0 Å². The second-order valence-electron chi connectivity index (χ2n) is 4.42. The molecular formula is C14H22N2O3. The average molecular weight is 266 g/mol. The summed E-state index contributed by atoms with van der Waals surface area (Å²) >= 11 is 0. The molecule has 0 aliphatic rings. The number of methoxy groups -OCH3 is 2. The summed E-state index contributed by atoms with van der Waals surface area (Å²) in [4.78, 5) is 11.1. The van der Waals surface area contributed by atoms with E-state index in [0.717, 1.165) is 18.7 Å². The van der Waals surface area contributed by atoms with Crippen LogP contribution in [0.25, 0.3) is 0 Å². The first-order chi connectivity index (χ1) is 9.06. The molecule has 0 fully saturated rings. The van der Waals surface area contributed by atoms with Gasteiger partial charge in [0.1, 0.15) is 5.75 Å². The molecule has 106 valence electrons. The molecule has 0 aliphatic carbocycles. The minimum Gasteiger partial charge on any atom is -0.494 e. The Hall–Kier alpha value is -1.75. The molecule has 0 heterocycles. The first-order valence-electron chi connectivity index (χ1n) is 6.28. The van der Waals surface area contributed by atoms with Crippen LogP contribution in [0.2, 0.25) is 0 Å². The van der Waals surface area contributed by atoms with E-state index >= 15 is 0 Å². The Kier molecular flexibility index (Phi) is 6.15. The third-order valence-electron chi connectivity index (χ3n) is 2.68. The van der Waals surface area contributed by atoms with E-state index in [1.807, 2.05) is 18.2 Å². The Morgan fingerprint density at radius 2 is 2.11 bits per heavy atom. The van der Waals surface area contributed by atoms with E-state index in [1.54, 1.807) is 14.2 Å². The van der Waals surface area contributed by atoms with Crippen LogP contribution in [0.5, 0.6) is 5.75 Å².